The quantitative estimate of drug-likeness (QED) is 0.749. The average Bonchev–Trinajstić information content (AvgIpc) is 2.84. The molecule has 1 fully saturated rings. The molecule has 1 saturated heterocycles. The van der Waals surface area contributed by atoms with E-state index in [9.17, 15) is 4.79 Å². The van der Waals surface area contributed by atoms with Gasteiger partial charge in [-0.3, -0.25) is 4.79 Å². The van der Waals surface area contributed by atoms with Gasteiger partial charge in [0.1, 0.15) is 17.1 Å². The summed E-state index contributed by atoms with van der Waals surface area (Å²) < 4.78 is 11.1. The van der Waals surface area contributed by atoms with Crippen LogP contribution >= 0.6 is 0 Å². The molecule has 4 heteroatoms. The van der Waals surface area contributed by atoms with Crippen LogP contribution in [0.5, 0.6) is 11.5 Å². The third-order valence-electron chi connectivity index (χ3n) is 3.94. The Morgan fingerprint density at radius 3 is 2.75 bits per heavy atom. The summed E-state index contributed by atoms with van der Waals surface area (Å²) in [5.74, 6) is 1.17. The highest BCUT2D eigenvalue weighted by molar-refractivity contribution is 5.99. The number of ether oxygens (including phenoxy) is 2. The molecule has 0 bridgehead atoms. The Morgan fingerprint density at radius 2 is 2.15 bits per heavy atom. The van der Waals surface area contributed by atoms with E-state index in [1.54, 1.807) is 13.2 Å². The van der Waals surface area contributed by atoms with E-state index in [0.717, 1.165) is 6.42 Å². The topological polar surface area (TPSA) is 38.8 Å². The fourth-order valence-electron chi connectivity index (χ4n) is 2.80. The van der Waals surface area contributed by atoms with Crippen molar-refractivity contribution in [2.24, 2.45) is 0 Å². The van der Waals surface area contributed by atoms with Crippen LogP contribution in [0.2, 0.25) is 0 Å². The largest absolute Gasteiger partial charge is 0.496 e. The highest BCUT2D eigenvalue weighted by Gasteiger charge is 2.21. The first-order chi connectivity index (χ1) is 9.63. The lowest BCUT2D eigenvalue weighted by Crippen LogP contribution is -2.26. The Bertz CT molecular complexity index is 473. The Morgan fingerprint density at radius 1 is 1.40 bits per heavy atom. The van der Waals surface area contributed by atoms with Gasteiger partial charge in [-0.05, 0) is 51.9 Å². The van der Waals surface area contributed by atoms with Crippen molar-refractivity contribution >= 4 is 5.78 Å². The molecule has 4 nitrogen and oxygen atoms in total. The monoisotopic (exact) mass is 277 g/mol. The van der Waals surface area contributed by atoms with E-state index in [2.05, 4.69) is 11.9 Å². The molecule has 0 aliphatic carbocycles. The number of methoxy groups -OCH3 is 1. The lowest BCUT2D eigenvalue weighted by molar-refractivity contribution is 0.101. The van der Waals surface area contributed by atoms with Gasteiger partial charge in [-0.25, -0.2) is 0 Å². The summed E-state index contributed by atoms with van der Waals surface area (Å²) in [5.41, 5.74) is 0.537. The van der Waals surface area contributed by atoms with Crippen molar-refractivity contribution in [3.05, 3.63) is 23.8 Å². The number of benzene rings is 1. The van der Waals surface area contributed by atoms with Crippen molar-refractivity contribution < 1.29 is 14.3 Å². The predicted octanol–water partition coefficient (Wildman–Crippen LogP) is 2.76. The number of rotatable bonds is 6. The summed E-state index contributed by atoms with van der Waals surface area (Å²) in [7, 11) is 3.73. The Balaban J connectivity index is 2.00. The first kappa shape index (κ1) is 14.9. The van der Waals surface area contributed by atoms with E-state index < -0.39 is 0 Å². The van der Waals surface area contributed by atoms with Crippen molar-refractivity contribution in [3.8, 4) is 11.5 Å². The second-order valence-corrected chi connectivity index (χ2v) is 5.30. The number of nitrogens with zero attached hydrogens (tertiary/aromatic N) is 1. The molecule has 1 atom stereocenters. The lowest BCUT2D eigenvalue weighted by atomic mass is 10.1. The highest BCUT2D eigenvalue weighted by Crippen LogP contribution is 2.29. The van der Waals surface area contributed by atoms with Crippen molar-refractivity contribution in [2.75, 3.05) is 27.3 Å². The fourth-order valence-corrected chi connectivity index (χ4v) is 2.80. The molecule has 0 amide bonds. The number of likely N-dealkylation sites (tertiary alicyclic amines) is 1. The molecule has 0 spiro atoms. The van der Waals surface area contributed by atoms with E-state index in [0.29, 0.717) is 29.7 Å². The number of Topliss-reactive ketones (excluding diaryl/α,β-unsaturated/α-hetero) is 1. The molecular formula is C16H23NO3. The van der Waals surface area contributed by atoms with Crippen molar-refractivity contribution in [1.82, 2.24) is 4.90 Å². The van der Waals surface area contributed by atoms with E-state index in [-0.39, 0.29) is 5.78 Å². The van der Waals surface area contributed by atoms with Gasteiger partial charge in [0.2, 0.25) is 0 Å². The zero-order chi connectivity index (χ0) is 14.5. The van der Waals surface area contributed by atoms with Crippen LogP contribution in [0.3, 0.4) is 0 Å². The molecule has 1 heterocycles. The zero-order valence-corrected chi connectivity index (χ0v) is 12.5. The maximum Gasteiger partial charge on any atom is 0.167 e. The number of ketones is 1. The van der Waals surface area contributed by atoms with Gasteiger partial charge >= 0.3 is 0 Å². The molecule has 2 rings (SSSR count). The second kappa shape index (κ2) is 6.75. The van der Waals surface area contributed by atoms with Crippen LogP contribution in [-0.2, 0) is 0 Å². The molecule has 1 aromatic carbocycles. The summed E-state index contributed by atoms with van der Waals surface area (Å²) >= 11 is 0. The molecule has 0 aromatic heterocycles. The summed E-state index contributed by atoms with van der Waals surface area (Å²) in [6.07, 6.45) is 3.49. The maximum atomic E-state index is 11.7. The first-order valence-corrected chi connectivity index (χ1v) is 7.14. The standard InChI is InChI=1S/C16H23NO3/c1-12(18)16-14(19-3)7-4-8-15(16)20-11-9-13-6-5-10-17(13)2/h4,7-8,13H,5-6,9-11H2,1-3H3. The van der Waals surface area contributed by atoms with Gasteiger partial charge in [-0.15, -0.1) is 0 Å². The van der Waals surface area contributed by atoms with E-state index in [1.807, 2.05) is 12.1 Å². The van der Waals surface area contributed by atoms with Crippen LogP contribution < -0.4 is 9.47 Å². The van der Waals surface area contributed by atoms with Gasteiger partial charge in [0.15, 0.2) is 5.78 Å². The molecule has 1 aliphatic rings. The molecule has 1 aliphatic heterocycles. The molecule has 1 aromatic rings. The average molecular weight is 277 g/mol. The lowest BCUT2D eigenvalue weighted by Gasteiger charge is -2.20. The number of hydrogen-bond donors (Lipinski definition) is 0. The fraction of sp³-hybridized carbons (Fsp3) is 0.562. The minimum absolute atomic E-state index is 0.0320. The van der Waals surface area contributed by atoms with Gasteiger partial charge in [0.05, 0.1) is 13.7 Å². The van der Waals surface area contributed by atoms with E-state index >= 15 is 0 Å². The molecule has 20 heavy (non-hydrogen) atoms. The van der Waals surface area contributed by atoms with Crippen molar-refractivity contribution in [2.45, 2.75) is 32.2 Å². The smallest absolute Gasteiger partial charge is 0.167 e. The van der Waals surface area contributed by atoms with Crippen LogP contribution in [0.25, 0.3) is 0 Å². The number of carbonyl (C=O) groups excluding carboxylic acids is 1. The molecule has 0 N–H and O–H groups in total. The van der Waals surface area contributed by atoms with Crippen LogP contribution in [0.15, 0.2) is 18.2 Å². The van der Waals surface area contributed by atoms with Gasteiger partial charge in [0.25, 0.3) is 0 Å². The van der Waals surface area contributed by atoms with Crippen molar-refractivity contribution in [3.63, 3.8) is 0 Å². The van der Waals surface area contributed by atoms with Crippen LogP contribution in [0.4, 0.5) is 0 Å². The zero-order valence-electron chi connectivity index (χ0n) is 12.5. The summed E-state index contributed by atoms with van der Waals surface area (Å²) in [5, 5.41) is 0. The van der Waals surface area contributed by atoms with Gasteiger partial charge in [0, 0.05) is 6.04 Å². The third kappa shape index (κ3) is 3.31. The summed E-state index contributed by atoms with van der Waals surface area (Å²) in [6, 6.07) is 6.07. The number of carbonyl (C=O) groups is 1. The van der Waals surface area contributed by atoms with E-state index in [1.165, 1.54) is 26.3 Å². The van der Waals surface area contributed by atoms with Gasteiger partial charge in [-0.2, -0.15) is 0 Å². The maximum absolute atomic E-state index is 11.7. The highest BCUT2D eigenvalue weighted by atomic mass is 16.5. The second-order valence-electron chi connectivity index (χ2n) is 5.30. The molecule has 0 radical (unpaired) electrons. The first-order valence-electron chi connectivity index (χ1n) is 7.14. The minimum Gasteiger partial charge on any atom is -0.496 e. The Labute approximate surface area is 120 Å². The predicted molar refractivity (Wildman–Crippen MR) is 78.8 cm³/mol. The van der Waals surface area contributed by atoms with Crippen LogP contribution in [-0.4, -0.2) is 44.0 Å². The molecule has 110 valence electrons. The van der Waals surface area contributed by atoms with Crippen LogP contribution in [0.1, 0.15) is 36.5 Å². The van der Waals surface area contributed by atoms with Crippen LogP contribution in [0, 0.1) is 0 Å². The molecule has 0 saturated carbocycles. The summed E-state index contributed by atoms with van der Waals surface area (Å²) in [6.45, 7) is 3.33. The van der Waals surface area contributed by atoms with Gasteiger partial charge < -0.3 is 14.4 Å². The molecular weight excluding hydrogens is 254 g/mol. The van der Waals surface area contributed by atoms with Crippen molar-refractivity contribution in [1.29, 1.82) is 0 Å². The van der Waals surface area contributed by atoms with E-state index in [4.69, 9.17) is 9.47 Å². The normalized spacial score (nSPS) is 19.1. The summed E-state index contributed by atoms with van der Waals surface area (Å²) in [4.78, 5) is 14.1. The van der Waals surface area contributed by atoms with Gasteiger partial charge in [-0.1, -0.05) is 6.07 Å². The number of hydrogen-bond acceptors (Lipinski definition) is 4. The Kier molecular flexibility index (Phi) is 5.01. The third-order valence-corrected chi connectivity index (χ3v) is 3.94. The SMILES string of the molecule is COc1cccc(OCCC2CCCN2C)c1C(C)=O. The molecule has 1 unspecified atom stereocenters. The Hall–Kier alpha value is -1.55. The minimum atomic E-state index is -0.0320.